The molecule has 0 aliphatic carbocycles. The maximum absolute atomic E-state index is 12.9. The Bertz CT molecular complexity index is 1370. The summed E-state index contributed by atoms with van der Waals surface area (Å²) in [5.41, 5.74) is 2.83. The van der Waals surface area contributed by atoms with E-state index < -0.39 is 5.97 Å². The predicted octanol–water partition coefficient (Wildman–Crippen LogP) is 5.59. The van der Waals surface area contributed by atoms with Crippen molar-refractivity contribution in [1.29, 1.82) is 0 Å². The van der Waals surface area contributed by atoms with Crippen LogP contribution in [0.25, 0.3) is 22.5 Å². The lowest BCUT2D eigenvalue weighted by molar-refractivity contribution is -0.113. The molecule has 4 aromatic rings. The molecule has 0 fully saturated rings. The number of hydrogen-bond donors (Lipinski definition) is 1. The minimum atomic E-state index is -0.498. The number of nitrogens with zero attached hydrogens (tertiary/aromatic N) is 3. The molecule has 0 saturated carbocycles. The molecule has 10 heteroatoms. The maximum Gasteiger partial charge on any atom is 0.341 e. The van der Waals surface area contributed by atoms with Gasteiger partial charge in [0.05, 0.1) is 24.7 Å². The summed E-state index contributed by atoms with van der Waals surface area (Å²) in [6.45, 7) is 8.06. The summed E-state index contributed by atoms with van der Waals surface area (Å²) in [7, 11) is 1.33. The van der Waals surface area contributed by atoms with Crippen molar-refractivity contribution in [3.05, 3.63) is 71.5 Å². The smallest absolute Gasteiger partial charge is 0.341 e. The SMILES string of the molecule is C=CCn1c(SCC(=O)Nc2sc(C)c(-c3ccccc3)c2C(=O)OC)nnc1-c1ccoc1C. The standard InChI is InChI=1S/C25H24N4O4S2/c1-5-12-29-22(18-11-13-33-15(18)2)27-28-25(29)34-14-19(30)26-23-21(24(31)32-4)20(16(3)35-23)17-9-7-6-8-10-17/h5-11,13H,1,12,14H2,2-4H3,(H,26,30). The molecule has 4 rings (SSSR count). The molecule has 8 nitrogen and oxygen atoms in total. The molecule has 3 heterocycles. The number of methoxy groups -OCH3 is 1. The lowest BCUT2D eigenvalue weighted by Gasteiger charge is -2.09. The normalized spacial score (nSPS) is 10.8. The quantitative estimate of drug-likeness (QED) is 0.179. The Morgan fingerprint density at radius 1 is 1.23 bits per heavy atom. The molecule has 0 aliphatic rings. The number of thioether (sulfide) groups is 1. The molecule has 0 unspecified atom stereocenters. The first kappa shape index (κ1) is 24.5. The van der Waals surface area contributed by atoms with Gasteiger partial charge in [0.15, 0.2) is 11.0 Å². The van der Waals surface area contributed by atoms with Crippen LogP contribution in [0, 0.1) is 13.8 Å². The molecule has 180 valence electrons. The molecule has 0 aliphatic heterocycles. The van der Waals surface area contributed by atoms with E-state index in [0.717, 1.165) is 27.3 Å². The number of furan rings is 1. The van der Waals surface area contributed by atoms with Gasteiger partial charge in [-0.3, -0.25) is 9.36 Å². The summed E-state index contributed by atoms with van der Waals surface area (Å²) in [6, 6.07) is 11.4. The molecule has 3 aromatic heterocycles. The fourth-order valence-corrected chi connectivity index (χ4v) is 5.51. The van der Waals surface area contributed by atoms with Gasteiger partial charge in [0.2, 0.25) is 5.91 Å². The number of allylic oxidation sites excluding steroid dienone is 1. The van der Waals surface area contributed by atoms with Crippen molar-refractivity contribution in [2.45, 2.75) is 25.5 Å². The number of amides is 1. The van der Waals surface area contributed by atoms with Gasteiger partial charge >= 0.3 is 5.97 Å². The van der Waals surface area contributed by atoms with E-state index in [4.69, 9.17) is 9.15 Å². The van der Waals surface area contributed by atoms with Gasteiger partial charge in [-0.1, -0.05) is 48.2 Å². The topological polar surface area (TPSA) is 99.2 Å². The van der Waals surface area contributed by atoms with E-state index in [2.05, 4.69) is 22.1 Å². The van der Waals surface area contributed by atoms with Gasteiger partial charge in [0.1, 0.15) is 16.3 Å². The number of carbonyl (C=O) groups excluding carboxylic acids is 2. The fourth-order valence-electron chi connectivity index (χ4n) is 3.68. The highest BCUT2D eigenvalue weighted by Gasteiger charge is 2.25. The maximum atomic E-state index is 12.9. The van der Waals surface area contributed by atoms with Crippen molar-refractivity contribution in [1.82, 2.24) is 14.8 Å². The summed E-state index contributed by atoms with van der Waals surface area (Å²) in [6.07, 6.45) is 3.35. The number of aromatic nitrogens is 3. The summed E-state index contributed by atoms with van der Waals surface area (Å²) < 4.78 is 12.3. The Kier molecular flexibility index (Phi) is 7.52. The molecule has 1 amide bonds. The van der Waals surface area contributed by atoms with Crippen LogP contribution in [0.1, 0.15) is 21.0 Å². The molecular formula is C25H24N4O4S2. The number of nitrogens with one attached hydrogen (secondary N) is 1. The van der Waals surface area contributed by atoms with E-state index >= 15 is 0 Å². The van der Waals surface area contributed by atoms with Crippen LogP contribution < -0.4 is 5.32 Å². The Hall–Kier alpha value is -3.63. The van der Waals surface area contributed by atoms with Crippen LogP contribution in [0.3, 0.4) is 0 Å². The van der Waals surface area contributed by atoms with E-state index in [-0.39, 0.29) is 11.7 Å². The van der Waals surface area contributed by atoms with E-state index in [0.29, 0.717) is 28.1 Å². The highest BCUT2D eigenvalue weighted by molar-refractivity contribution is 7.99. The molecular weight excluding hydrogens is 484 g/mol. The third-order valence-corrected chi connectivity index (χ3v) is 7.24. The molecule has 35 heavy (non-hydrogen) atoms. The van der Waals surface area contributed by atoms with Gasteiger partial charge in [-0.15, -0.1) is 28.1 Å². The van der Waals surface area contributed by atoms with Gasteiger partial charge in [-0.05, 0) is 25.5 Å². The lowest BCUT2D eigenvalue weighted by Crippen LogP contribution is -2.16. The van der Waals surface area contributed by atoms with E-state index in [1.807, 2.05) is 54.8 Å². The number of ether oxygens (including phenoxy) is 1. The number of hydrogen-bond acceptors (Lipinski definition) is 8. The molecule has 0 bridgehead atoms. The highest BCUT2D eigenvalue weighted by atomic mass is 32.2. The Morgan fingerprint density at radius 3 is 2.66 bits per heavy atom. The number of benzene rings is 1. The zero-order valence-electron chi connectivity index (χ0n) is 19.5. The summed E-state index contributed by atoms with van der Waals surface area (Å²) in [5.74, 6) is 0.693. The summed E-state index contributed by atoms with van der Waals surface area (Å²) in [4.78, 5) is 26.5. The molecule has 1 aromatic carbocycles. The molecule has 0 saturated heterocycles. The van der Waals surface area contributed by atoms with Gasteiger partial charge in [0, 0.05) is 17.0 Å². The van der Waals surface area contributed by atoms with Crippen LogP contribution in [-0.4, -0.2) is 39.5 Å². The second-order valence-corrected chi connectivity index (χ2v) is 9.69. The molecule has 0 spiro atoms. The second-order valence-electron chi connectivity index (χ2n) is 7.53. The van der Waals surface area contributed by atoms with Crippen molar-refractivity contribution in [2.75, 3.05) is 18.2 Å². The number of anilines is 1. The fraction of sp³-hybridized carbons (Fsp3) is 0.200. The highest BCUT2D eigenvalue weighted by Crippen LogP contribution is 2.40. The first-order valence-corrected chi connectivity index (χ1v) is 12.5. The lowest BCUT2D eigenvalue weighted by atomic mass is 10.0. The van der Waals surface area contributed by atoms with E-state index in [1.54, 1.807) is 12.3 Å². The van der Waals surface area contributed by atoms with Crippen molar-refractivity contribution in [2.24, 2.45) is 0 Å². The average Bonchev–Trinajstić information content (AvgIpc) is 3.54. The van der Waals surface area contributed by atoms with Gasteiger partial charge in [-0.25, -0.2) is 4.79 Å². The molecule has 0 atom stereocenters. The number of carbonyl (C=O) groups is 2. The van der Waals surface area contributed by atoms with Gasteiger partial charge in [-0.2, -0.15) is 0 Å². The van der Waals surface area contributed by atoms with Crippen LogP contribution in [-0.2, 0) is 16.1 Å². The van der Waals surface area contributed by atoms with Crippen LogP contribution in [0.2, 0.25) is 0 Å². The van der Waals surface area contributed by atoms with Gasteiger partial charge < -0.3 is 14.5 Å². The predicted molar refractivity (Wildman–Crippen MR) is 138 cm³/mol. The number of esters is 1. The third kappa shape index (κ3) is 5.08. The van der Waals surface area contributed by atoms with Crippen LogP contribution in [0.4, 0.5) is 5.00 Å². The zero-order chi connectivity index (χ0) is 24.9. The zero-order valence-corrected chi connectivity index (χ0v) is 21.2. The third-order valence-electron chi connectivity index (χ3n) is 5.25. The molecule has 1 N–H and O–H groups in total. The second kappa shape index (κ2) is 10.7. The number of rotatable bonds is 9. The summed E-state index contributed by atoms with van der Waals surface area (Å²) in [5, 5.41) is 12.5. The monoisotopic (exact) mass is 508 g/mol. The van der Waals surface area contributed by atoms with Crippen LogP contribution in [0.15, 0.2) is 64.9 Å². The Labute approximate surface area is 211 Å². The number of aryl methyl sites for hydroxylation is 2. The van der Waals surface area contributed by atoms with E-state index in [9.17, 15) is 9.59 Å². The largest absolute Gasteiger partial charge is 0.469 e. The first-order chi connectivity index (χ1) is 16.9. The van der Waals surface area contributed by atoms with Crippen molar-refractivity contribution < 1.29 is 18.7 Å². The molecule has 0 radical (unpaired) electrons. The van der Waals surface area contributed by atoms with Crippen LogP contribution in [0.5, 0.6) is 0 Å². The van der Waals surface area contributed by atoms with Crippen molar-refractivity contribution in [3.8, 4) is 22.5 Å². The first-order valence-electron chi connectivity index (χ1n) is 10.7. The Balaban J connectivity index is 1.55. The number of thiophene rings is 1. The van der Waals surface area contributed by atoms with Gasteiger partial charge in [0.25, 0.3) is 0 Å². The average molecular weight is 509 g/mol. The summed E-state index contributed by atoms with van der Waals surface area (Å²) >= 11 is 2.60. The van der Waals surface area contributed by atoms with Crippen molar-refractivity contribution >= 4 is 40.0 Å². The van der Waals surface area contributed by atoms with E-state index in [1.165, 1.54) is 30.2 Å². The minimum Gasteiger partial charge on any atom is -0.469 e. The van der Waals surface area contributed by atoms with Crippen LogP contribution >= 0.6 is 23.1 Å². The Morgan fingerprint density at radius 2 is 2.00 bits per heavy atom. The van der Waals surface area contributed by atoms with Crippen molar-refractivity contribution in [3.63, 3.8) is 0 Å². The minimum absolute atomic E-state index is 0.0812.